The molecule has 0 amide bonds. The predicted molar refractivity (Wildman–Crippen MR) is 65.4 cm³/mol. The fourth-order valence-corrected chi connectivity index (χ4v) is 2.54. The standard InChI is InChI=1S/C14H13F3O4/c1-3-21-12(18)7-4-8(15)9(11(17)10(7)16)14(13(19)20)5-6(14)2/h4,6H,3,5H2,1-2H3,(H,19,20). The van der Waals surface area contributed by atoms with Crippen molar-refractivity contribution in [2.45, 2.75) is 25.7 Å². The second kappa shape index (κ2) is 5.05. The lowest BCUT2D eigenvalue weighted by Crippen LogP contribution is -2.26. The van der Waals surface area contributed by atoms with Gasteiger partial charge in [-0.05, 0) is 25.3 Å². The van der Waals surface area contributed by atoms with E-state index in [-0.39, 0.29) is 13.0 Å². The highest BCUT2D eigenvalue weighted by Gasteiger charge is 2.62. The molecular formula is C14H13F3O4. The fourth-order valence-electron chi connectivity index (χ4n) is 2.54. The highest BCUT2D eigenvalue weighted by Crippen LogP contribution is 2.56. The van der Waals surface area contributed by atoms with Crippen LogP contribution in [-0.2, 0) is 14.9 Å². The van der Waals surface area contributed by atoms with Crippen LogP contribution >= 0.6 is 0 Å². The van der Waals surface area contributed by atoms with E-state index in [1.165, 1.54) is 13.8 Å². The summed E-state index contributed by atoms with van der Waals surface area (Å²) in [4.78, 5) is 22.7. The molecule has 0 radical (unpaired) electrons. The number of aliphatic carboxylic acids is 1. The molecule has 2 unspecified atom stereocenters. The molecule has 0 aromatic heterocycles. The Morgan fingerprint density at radius 2 is 1.95 bits per heavy atom. The van der Waals surface area contributed by atoms with E-state index < -0.39 is 51.9 Å². The van der Waals surface area contributed by atoms with Crippen LogP contribution in [0.3, 0.4) is 0 Å². The van der Waals surface area contributed by atoms with Gasteiger partial charge in [-0.3, -0.25) is 4.79 Å². The van der Waals surface area contributed by atoms with E-state index in [1.54, 1.807) is 0 Å². The summed E-state index contributed by atoms with van der Waals surface area (Å²) in [5, 5.41) is 9.18. The van der Waals surface area contributed by atoms with Crippen molar-refractivity contribution in [1.82, 2.24) is 0 Å². The molecule has 0 aliphatic heterocycles. The van der Waals surface area contributed by atoms with Gasteiger partial charge >= 0.3 is 11.9 Å². The van der Waals surface area contributed by atoms with Crippen molar-refractivity contribution in [3.63, 3.8) is 0 Å². The van der Waals surface area contributed by atoms with E-state index in [4.69, 9.17) is 0 Å². The normalized spacial score (nSPS) is 23.8. The van der Waals surface area contributed by atoms with Crippen LogP contribution in [0.2, 0.25) is 0 Å². The molecule has 2 atom stereocenters. The van der Waals surface area contributed by atoms with Crippen LogP contribution in [0.5, 0.6) is 0 Å². The first kappa shape index (κ1) is 15.3. The average molecular weight is 302 g/mol. The largest absolute Gasteiger partial charge is 0.481 e. The Balaban J connectivity index is 2.59. The number of benzene rings is 1. The molecule has 0 saturated heterocycles. The molecule has 1 N–H and O–H groups in total. The number of esters is 1. The highest BCUT2D eigenvalue weighted by molar-refractivity contribution is 5.91. The molecular weight excluding hydrogens is 289 g/mol. The molecule has 7 heteroatoms. The molecule has 0 heterocycles. The van der Waals surface area contributed by atoms with Crippen molar-refractivity contribution in [2.75, 3.05) is 6.61 Å². The molecule has 0 bridgehead atoms. The minimum absolute atomic E-state index is 0.00830. The molecule has 1 saturated carbocycles. The number of carboxylic acids is 1. The number of rotatable bonds is 4. The smallest absolute Gasteiger partial charge is 0.341 e. The Bertz CT molecular complexity index is 629. The second-order valence-corrected chi connectivity index (χ2v) is 5.01. The molecule has 1 aliphatic rings. The number of halogens is 3. The zero-order valence-electron chi connectivity index (χ0n) is 11.4. The summed E-state index contributed by atoms with van der Waals surface area (Å²) >= 11 is 0. The Morgan fingerprint density at radius 3 is 2.38 bits per heavy atom. The van der Waals surface area contributed by atoms with Crippen molar-refractivity contribution >= 4 is 11.9 Å². The van der Waals surface area contributed by atoms with E-state index in [1.807, 2.05) is 0 Å². The maximum Gasteiger partial charge on any atom is 0.341 e. The summed E-state index contributed by atoms with van der Waals surface area (Å²) in [6, 6.07) is 0.488. The van der Waals surface area contributed by atoms with Crippen molar-refractivity contribution in [3.8, 4) is 0 Å². The van der Waals surface area contributed by atoms with Crippen LogP contribution in [0.4, 0.5) is 13.2 Å². The number of ether oxygens (including phenoxy) is 1. The second-order valence-electron chi connectivity index (χ2n) is 5.01. The van der Waals surface area contributed by atoms with Crippen molar-refractivity contribution in [3.05, 3.63) is 34.6 Å². The first-order chi connectivity index (χ1) is 9.77. The van der Waals surface area contributed by atoms with Gasteiger partial charge in [-0.25, -0.2) is 18.0 Å². The lowest BCUT2D eigenvalue weighted by molar-refractivity contribution is -0.140. The van der Waals surface area contributed by atoms with E-state index in [9.17, 15) is 27.9 Å². The molecule has 0 spiro atoms. The molecule has 4 nitrogen and oxygen atoms in total. The third-order valence-corrected chi connectivity index (χ3v) is 3.79. The van der Waals surface area contributed by atoms with Crippen molar-refractivity contribution in [1.29, 1.82) is 0 Å². The Morgan fingerprint density at radius 1 is 1.38 bits per heavy atom. The zero-order valence-corrected chi connectivity index (χ0v) is 11.4. The topological polar surface area (TPSA) is 63.6 Å². The molecule has 1 aromatic rings. The lowest BCUT2D eigenvalue weighted by Gasteiger charge is -2.16. The maximum absolute atomic E-state index is 14.1. The van der Waals surface area contributed by atoms with Gasteiger partial charge in [0.2, 0.25) is 0 Å². The Kier molecular flexibility index (Phi) is 3.69. The van der Waals surface area contributed by atoms with Gasteiger partial charge < -0.3 is 9.84 Å². The van der Waals surface area contributed by atoms with Gasteiger partial charge in [0.15, 0.2) is 11.6 Å². The molecule has 2 rings (SSSR count). The van der Waals surface area contributed by atoms with Gasteiger partial charge in [-0.15, -0.1) is 0 Å². The number of hydrogen-bond donors (Lipinski definition) is 1. The minimum atomic E-state index is -1.78. The van der Waals surface area contributed by atoms with Crippen LogP contribution in [0.15, 0.2) is 6.07 Å². The number of carbonyl (C=O) groups excluding carboxylic acids is 1. The highest BCUT2D eigenvalue weighted by atomic mass is 19.2. The molecule has 1 aromatic carbocycles. The quantitative estimate of drug-likeness (QED) is 0.686. The van der Waals surface area contributed by atoms with Crippen LogP contribution in [-0.4, -0.2) is 23.7 Å². The van der Waals surface area contributed by atoms with E-state index in [2.05, 4.69) is 4.74 Å². The van der Waals surface area contributed by atoms with Crippen LogP contribution in [0, 0.1) is 23.4 Å². The van der Waals surface area contributed by atoms with Crippen molar-refractivity contribution < 1.29 is 32.6 Å². The van der Waals surface area contributed by atoms with Crippen LogP contribution in [0.1, 0.15) is 36.2 Å². The average Bonchev–Trinajstić information content (AvgIpc) is 3.07. The molecule has 1 fully saturated rings. The Labute approximate surface area is 118 Å². The zero-order chi connectivity index (χ0) is 15.9. The van der Waals surface area contributed by atoms with Crippen molar-refractivity contribution in [2.24, 2.45) is 5.92 Å². The van der Waals surface area contributed by atoms with Gasteiger partial charge in [0, 0.05) is 5.56 Å². The van der Waals surface area contributed by atoms with Crippen LogP contribution in [0.25, 0.3) is 0 Å². The molecule has 21 heavy (non-hydrogen) atoms. The first-order valence-corrected chi connectivity index (χ1v) is 6.35. The van der Waals surface area contributed by atoms with E-state index in [0.717, 1.165) is 0 Å². The third kappa shape index (κ3) is 2.16. The minimum Gasteiger partial charge on any atom is -0.481 e. The Hall–Kier alpha value is -2.05. The van der Waals surface area contributed by atoms with Gasteiger partial charge in [0.05, 0.1) is 6.61 Å². The molecule has 1 aliphatic carbocycles. The summed E-state index contributed by atoms with van der Waals surface area (Å²) in [5.41, 5.74) is -3.50. The lowest BCUT2D eigenvalue weighted by atomic mass is 9.91. The summed E-state index contributed by atoms with van der Waals surface area (Å²) in [5.74, 6) is -7.64. The predicted octanol–water partition coefficient (Wildman–Crippen LogP) is 2.64. The maximum atomic E-state index is 14.1. The molecule has 114 valence electrons. The van der Waals surface area contributed by atoms with E-state index in [0.29, 0.717) is 6.07 Å². The van der Waals surface area contributed by atoms with Gasteiger partial charge in [-0.1, -0.05) is 6.92 Å². The van der Waals surface area contributed by atoms with Gasteiger partial charge in [0.1, 0.15) is 16.8 Å². The summed E-state index contributed by atoms with van der Waals surface area (Å²) in [6.45, 7) is 2.88. The van der Waals surface area contributed by atoms with Gasteiger partial charge in [0.25, 0.3) is 0 Å². The third-order valence-electron chi connectivity index (χ3n) is 3.79. The monoisotopic (exact) mass is 302 g/mol. The number of carboxylic acid groups (broad SMARTS) is 1. The summed E-state index contributed by atoms with van der Waals surface area (Å²) < 4.78 is 46.6. The SMILES string of the molecule is CCOC(=O)c1cc(F)c(C2(C(=O)O)CC2C)c(F)c1F. The summed E-state index contributed by atoms with van der Waals surface area (Å²) in [7, 11) is 0. The number of hydrogen-bond acceptors (Lipinski definition) is 3. The van der Waals surface area contributed by atoms with Crippen LogP contribution < -0.4 is 0 Å². The summed E-state index contributed by atoms with van der Waals surface area (Å²) in [6.07, 6.45) is 0.00830. The number of carbonyl (C=O) groups is 2. The fraction of sp³-hybridized carbons (Fsp3) is 0.429. The first-order valence-electron chi connectivity index (χ1n) is 6.35. The van der Waals surface area contributed by atoms with E-state index >= 15 is 0 Å². The van der Waals surface area contributed by atoms with Gasteiger partial charge in [-0.2, -0.15) is 0 Å².